The molecular weight excluding hydrogens is 296 g/mol. The zero-order chi connectivity index (χ0) is 16.1. The number of benzene rings is 2. The van der Waals surface area contributed by atoms with Crippen molar-refractivity contribution in [2.24, 2.45) is 7.05 Å². The van der Waals surface area contributed by atoms with Crippen LogP contribution in [0.4, 0.5) is 8.78 Å². The summed E-state index contributed by atoms with van der Waals surface area (Å²) in [6.45, 7) is 1.75. The van der Waals surface area contributed by atoms with Crippen LogP contribution in [0.15, 0.2) is 53.1 Å². The Kier molecular flexibility index (Phi) is 2.94. The standard InChI is InChI=1S/C19H14F2NO/c1-11-14(15-5-3-4-8-22(15)2)10-17-18(19(11)21)13-7-6-12(20)9-16(13)23-17/h3-10H,1-2H3/q+1. The Labute approximate surface area is 131 Å². The maximum absolute atomic E-state index is 15.0. The van der Waals surface area contributed by atoms with Crippen LogP contribution in [-0.4, -0.2) is 0 Å². The number of aromatic nitrogens is 1. The first kappa shape index (κ1) is 13.9. The van der Waals surface area contributed by atoms with Crippen LogP contribution in [0.5, 0.6) is 0 Å². The van der Waals surface area contributed by atoms with Gasteiger partial charge in [0.1, 0.15) is 29.8 Å². The minimum atomic E-state index is -0.400. The van der Waals surface area contributed by atoms with Crippen molar-refractivity contribution in [2.75, 3.05) is 0 Å². The molecule has 0 unspecified atom stereocenters. The second-order valence-corrected chi connectivity index (χ2v) is 5.68. The number of pyridine rings is 1. The maximum atomic E-state index is 15.0. The third kappa shape index (κ3) is 2.02. The second kappa shape index (κ2) is 4.88. The van der Waals surface area contributed by atoms with E-state index < -0.39 is 5.82 Å². The number of rotatable bonds is 1. The first-order valence-corrected chi connectivity index (χ1v) is 7.32. The van der Waals surface area contributed by atoms with Crippen LogP contribution in [-0.2, 0) is 7.05 Å². The summed E-state index contributed by atoms with van der Waals surface area (Å²) in [4.78, 5) is 0. The number of hydrogen-bond donors (Lipinski definition) is 0. The predicted molar refractivity (Wildman–Crippen MR) is 85.0 cm³/mol. The lowest BCUT2D eigenvalue weighted by Gasteiger charge is -2.06. The van der Waals surface area contributed by atoms with Crippen molar-refractivity contribution < 1.29 is 17.8 Å². The number of fused-ring (bicyclic) bond motifs is 3. The molecule has 2 nitrogen and oxygen atoms in total. The molecule has 0 amide bonds. The molecule has 23 heavy (non-hydrogen) atoms. The van der Waals surface area contributed by atoms with Gasteiger partial charge in [0.15, 0.2) is 6.20 Å². The van der Waals surface area contributed by atoms with Crippen molar-refractivity contribution in [3.8, 4) is 11.3 Å². The highest BCUT2D eigenvalue weighted by Crippen LogP contribution is 2.36. The zero-order valence-electron chi connectivity index (χ0n) is 12.7. The van der Waals surface area contributed by atoms with Crippen molar-refractivity contribution in [2.45, 2.75) is 6.92 Å². The molecule has 0 radical (unpaired) electrons. The van der Waals surface area contributed by atoms with E-state index in [1.54, 1.807) is 13.0 Å². The number of nitrogens with zero attached hydrogens (tertiary/aromatic N) is 1. The Hall–Kier alpha value is -2.75. The van der Waals surface area contributed by atoms with Crippen molar-refractivity contribution >= 4 is 21.9 Å². The number of aryl methyl sites for hydroxylation is 1. The number of hydrogen-bond acceptors (Lipinski definition) is 1. The molecule has 114 valence electrons. The van der Waals surface area contributed by atoms with Crippen molar-refractivity contribution in [1.82, 2.24) is 0 Å². The molecular formula is C19H14F2NO+. The van der Waals surface area contributed by atoms with E-state index in [0.717, 1.165) is 11.3 Å². The fraction of sp³-hybridized carbons (Fsp3) is 0.105. The Bertz CT molecular complexity index is 1070. The SMILES string of the molecule is Cc1c(-c2cccc[n+]2C)cc2oc3cc(F)ccc3c2c1F. The van der Waals surface area contributed by atoms with Crippen LogP contribution in [0.25, 0.3) is 33.2 Å². The topological polar surface area (TPSA) is 17.0 Å². The third-order valence-electron chi connectivity index (χ3n) is 4.24. The summed E-state index contributed by atoms with van der Waals surface area (Å²) >= 11 is 0. The van der Waals surface area contributed by atoms with Gasteiger partial charge in [-0.3, -0.25) is 0 Å². The average Bonchev–Trinajstić information content (AvgIpc) is 2.89. The minimum absolute atomic E-state index is 0.327. The molecule has 0 fully saturated rings. The van der Waals surface area contributed by atoms with Crippen LogP contribution < -0.4 is 4.57 Å². The molecule has 0 aliphatic rings. The first-order chi connectivity index (χ1) is 11.1. The molecule has 0 atom stereocenters. The van der Waals surface area contributed by atoms with Gasteiger partial charge in [0.05, 0.1) is 10.9 Å². The summed E-state index contributed by atoms with van der Waals surface area (Å²) in [6.07, 6.45) is 1.91. The molecule has 0 bridgehead atoms. The van der Waals surface area contributed by atoms with E-state index >= 15 is 0 Å². The summed E-state index contributed by atoms with van der Waals surface area (Å²) < 4.78 is 36.0. The van der Waals surface area contributed by atoms with Gasteiger partial charge < -0.3 is 4.42 Å². The average molecular weight is 310 g/mol. The van der Waals surface area contributed by atoms with Gasteiger partial charge in [-0.2, -0.15) is 0 Å². The number of furan rings is 1. The van der Waals surface area contributed by atoms with Gasteiger partial charge in [0.25, 0.3) is 0 Å². The fourth-order valence-corrected chi connectivity index (χ4v) is 3.03. The largest absolute Gasteiger partial charge is 0.456 e. The molecule has 2 aromatic carbocycles. The molecule has 4 rings (SSSR count). The van der Waals surface area contributed by atoms with Crippen LogP contribution >= 0.6 is 0 Å². The first-order valence-electron chi connectivity index (χ1n) is 7.32. The van der Waals surface area contributed by atoms with Crippen molar-refractivity contribution in [3.63, 3.8) is 0 Å². The van der Waals surface area contributed by atoms with E-state index in [9.17, 15) is 8.78 Å². The Morgan fingerprint density at radius 1 is 1.00 bits per heavy atom. The van der Waals surface area contributed by atoms with Gasteiger partial charge in [0, 0.05) is 23.6 Å². The highest BCUT2D eigenvalue weighted by Gasteiger charge is 2.21. The van der Waals surface area contributed by atoms with E-state index in [0.29, 0.717) is 27.5 Å². The normalized spacial score (nSPS) is 11.5. The molecule has 2 heterocycles. The van der Waals surface area contributed by atoms with Crippen LogP contribution in [0, 0.1) is 18.6 Å². The quantitative estimate of drug-likeness (QED) is 0.467. The highest BCUT2D eigenvalue weighted by atomic mass is 19.1. The molecule has 0 aliphatic carbocycles. The second-order valence-electron chi connectivity index (χ2n) is 5.68. The lowest BCUT2D eigenvalue weighted by Crippen LogP contribution is -2.30. The third-order valence-corrected chi connectivity index (χ3v) is 4.24. The minimum Gasteiger partial charge on any atom is -0.456 e. The Morgan fingerprint density at radius 3 is 2.61 bits per heavy atom. The van der Waals surface area contributed by atoms with E-state index in [2.05, 4.69) is 0 Å². The van der Waals surface area contributed by atoms with Crippen molar-refractivity contribution in [1.29, 1.82) is 0 Å². The van der Waals surface area contributed by atoms with Gasteiger partial charge in [0.2, 0.25) is 5.69 Å². The van der Waals surface area contributed by atoms with Gasteiger partial charge in [-0.15, -0.1) is 0 Å². The highest BCUT2D eigenvalue weighted by molar-refractivity contribution is 6.06. The van der Waals surface area contributed by atoms with Crippen LogP contribution in [0.2, 0.25) is 0 Å². The summed E-state index contributed by atoms with van der Waals surface area (Å²) in [5.41, 5.74) is 2.97. The lowest BCUT2D eigenvalue weighted by molar-refractivity contribution is -0.660. The van der Waals surface area contributed by atoms with E-state index in [1.165, 1.54) is 12.1 Å². The molecule has 4 heteroatoms. The molecule has 0 aliphatic heterocycles. The molecule has 4 aromatic rings. The van der Waals surface area contributed by atoms with Gasteiger partial charge in [-0.1, -0.05) is 0 Å². The lowest BCUT2D eigenvalue weighted by atomic mass is 10.0. The van der Waals surface area contributed by atoms with Crippen LogP contribution in [0.1, 0.15) is 5.56 Å². The summed E-state index contributed by atoms with van der Waals surface area (Å²) in [5.74, 6) is -0.727. The predicted octanol–water partition coefficient (Wildman–Crippen LogP) is 4.66. The monoisotopic (exact) mass is 310 g/mol. The molecule has 2 aromatic heterocycles. The van der Waals surface area contributed by atoms with Crippen molar-refractivity contribution in [3.05, 3.63) is 65.9 Å². The molecule has 0 saturated heterocycles. The fourth-order valence-electron chi connectivity index (χ4n) is 3.03. The number of halogens is 2. The van der Waals surface area contributed by atoms with Gasteiger partial charge in [-0.25, -0.2) is 13.3 Å². The van der Waals surface area contributed by atoms with Gasteiger partial charge in [-0.05, 0) is 36.8 Å². The summed E-state index contributed by atoms with van der Waals surface area (Å²) in [5, 5.41) is 0.992. The van der Waals surface area contributed by atoms with E-state index in [4.69, 9.17) is 4.42 Å². The Balaban J connectivity index is 2.11. The summed E-state index contributed by atoms with van der Waals surface area (Å²) in [6, 6.07) is 11.7. The van der Waals surface area contributed by atoms with Gasteiger partial charge >= 0.3 is 0 Å². The van der Waals surface area contributed by atoms with E-state index in [-0.39, 0.29) is 5.82 Å². The molecule has 0 saturated carbocycles. The van der Waals surface area contributed by atoms with Crippen LogP contribution in [0.3, 0.4) is 0 Å². The maximum Gasteiger partial charge on any atom is 0.212 e. The van der Waals surface area contributed by atoms with E-state index in [1.807, 2.05) is 42.1 Å². The smallest absolute Gasteiger partial charge is 0.212 e. The molecule has 0 N–H and O–H groups in total. The molecule has 0 spiro atoms. The summed E-state index contributed by atoms with van der Waals surface area (Å²) in [7, 11) is 1.91. The zero-order valence-corrected chi connectivity index (χ0v) is 12.7. The Morgan fingerprint density at radius 2 is 1.83 bits per heavy atom.